The van der Waals surface area contributed by atoms with Crippen LogP contribution in [0.4, 0.5) is 0 Å². The van der Waals surface area contributed by atoms with Gasteiger partial charge in [0.2, 0.25) is 0 Å². The zero-order valence-electron chi connectivity index (χ0n) is 16.5. The highest BCUT2D eigenvalue weighted by Gasteiger charge is 2.14. The summed E-state index contributed by atoms with van der Waals surface area (Å²) >= 11 is 12.6. The van der Waals surface area contributed by atoms with E-state index >= 15 is 0 Å². The molecule has 0 saturated heterocycles. The molecule has 4 rings (SSSR count). The molecule has 0 atom stereocenters. The Morgan fingerprint density at radius 2 is 1.73 bits per heavy atom. The van der Waals surface area contributed by atoms with Crippen LogP contribution in [0, 0.1) is 13.8 Å². The number of hydrazone groups is 1. The highest BCUT2D eigenvalue weighted by Crippen LogP contribution is 2.31. The van der Waals surface area contributed by atoms with Gasteiger partial charge in [-0.05, 0) is 55.0 Å². The maximum absolute atomic E-state index is 12.5. The summed E-state index contributed by atoms with van der Waals surface area (Å²) in [5, 5.41) is 7.24. The molecule has 30 heavy (non-hydrogen) atoms. The Labute approximate surface area is 184 Å². The highest BCUT2D eigenvalue weighted by atomic mass is 35.5. The van der Waals surface area contributed by atoms with Gasteiger partial charge >= 0.3 is 0 Å². The zero-order valence-corrected chi connectivity index (χ0v) is 18.0. The van der Waals surface area contributed by atoms with Gasteiger partial charge in [0.05, 0.1) is 21.9 Å². The number of benzene rings is 3. The van der Waals surface area contributed by atoms with Crippen LogP contribution in [-0.4, -0.2) is 16.7 Å². The first-order valence-electron chi connectivity index (χ1n) is 9.41. The number of rotatable bonds is 4. The number of carbonyl (C=O) groups is 1. The Balaban J connectivity index is 1.55. The first kappa shape index (κ1) is 20.2. The van der Waals surface area contributed by atoms with Crippen LogP contribution in [0.5, 0.6) is 0 Å². The fourth-order valence-electron chi connectivity index (χ4n) is 3.51. The lowest BCUT2D eigenvalue weighted by Crippen LogP contribution is -2.17. The van der Waals surface area contributed by atoms with Crippen molar-refractivity contribution in [2.24, 2.45) is 5.10 Å². The Bertz CT molecular complexity index is 1290. The van der Waals surface area contributed by atoms with Crippen molar-refractivity contribution in [1.82, 2.24) is 9.99 Å². The predicted octanol–water partition coefficient (Wildman–Crippen LogP) is 6.32. The summed E-state index contributed by atoms with van der Waals surface area (Å²) in [6.07, 6.45) is 1.64. The van der Waals surface area contributed by atoms with Crippen molar-refractivity contribution in [1.29, 1.82) is 0 Å². The minimum absolute atomic E-state index is 0.260. The first-order valence-corrected chi connectivity index (χ1v) is 10.2. The van der Waals surface area contributed by atoms with Crippen LogP contribution < -0.4 is 5.43 Å². The molecule has 0 aliphatic carbocycles. The Kier molecular flexibility index (Phi) is 5.62. The van der Waals surface area contributed by atoms with Gasteiger partial charge in [-0.25, -0.2) is 5.43 Å². The minimum Gasteiger partial charge on any atom is -0.316 e. The van der Waals surface area contributed by atoms with E-state index in [-0.39, 0.29) is 5.91 Å². The summed E-state index contributed by atoms with van der Waals surface area (Å²) in [5.41, 5.74) is 6.77. The molecule has 0 aliphatic heterocycles. The lowest BCUT2D eigenvalue weighted by atomic mass is 10.1. The molecule has 0 spiro atoms. The second-order valence-corrected chi connectivity index (χ2v) is 7.78. The number of carbonyl (C=O) groups excluding carboxylic acids is 1. The summed E-state index contributed by atoms with van der Waals surface area (Å²) in [6, 6.07) is 21.0. The molecule has 0 radical (unpaired) electrons. The molecule has 1 N–H and O–H groups in total. The summed E-state index contributed by atoms with van der Waals surface area (Å²) < 4.78 is 2.01. The van der Waals surface area contributed by atoms with Gasteiger partial charge in [-0.3, -0.25) is 4.79 Å². The monoisotopic (exact) mass is 435 g/mol. The topological polar surface area (TPSA) is 46.4 Å². The second kappa shape index (κ2) is 8.34. The van der Waals surface area contributed by atoms with E-state index in [1.165, 1.54) is 0 Å². The van der Waals surface area contributed by atoms with Crippen molar-refractivity contribution in [3.8, 4) is 5.69 Å². The molecule has 0 fully saturated rings. The molecule has 1 aromatic heterocycles. The summed E-state index contributed by atoms with van der Waals surface area (Å²) in [4.78, 5) is 12.5. The molecule has 4 aromatic rings. The number of aromatic nitrogens is 1. The molecule has 1 amide bonds. The maximum Gasteiger partial charge on any atom is 0.271 e. The number of fused-ring (bicyclic) bond motifs is 1. The lowest BCUT2D eigenvalue weighted by molar-refractivity contribution is 0.0955. The van der Waals surface area contributed by atoms with Gasteiger partial charge < -0.3 is 4.57 Å². The maximum atomic E-state index is 12.5. The minimum atomic E-state index is -0.260. The zero-order chi connectivity index (χ0) is 21.3. The van der Waals surface area contributed by atoms with Crippen molar-refractivity contribution < 1.29 is 4.79 Å². The van der Waals surface area contributed by atoms with E-state index in [0.717, 1.165) is 33.4 Å². The molecule has 4 nitrogen and oxygen atoms in total. The van der Waals surface area contributed by atoms with E-state index in [1.54, 1.807) is 18.3 Å². The van der Waals surface area contributed by atoms with Crippen LogP contribution in [-0.2, 0) is 0 Å². The van der Waals surface area contributed by atoms with E-state index in [9.17, 15) is 4.79 Å². The number of halogens is 2. The van der Waals surface area contributed by atoms with Gasteiger partial charge in [0.1, 0.15) is 0 Å². The van der Waals surface area contributed by atoms with Crippen LogP contribution in [0.2, 0.25) is 10.0 Å². The molecule has 6 heteroatoms. The third-order valence-corrected chi connectivity index (χ3v) is 5.83. The average Bonchev–Trinajstić information content (AvgIpc) is 3.03. The molecule has 0 saturated carbocycles. The first-order chi connectivity index (χ1) is 14.5. The molecule has 0 aliphatic rings. The highest BCUT2D eigenvalue weighted by molar-refractivity contribution is 6.43. The number of nitrogens with one attached hydrogen (secondary N) is 1. The normalized spacial score (nSPS) is 11.3. The smallest absolute Gasteiger partial charge is 0.271 e. The van der Waals surface area contributed by atoms with Crippen molar-refractivity contribution in [3.05, 3.63) is 99.3 Å². The number of hydrogen-bond donors (Lipinski definition) is 1. The van der Waals surface area contributed by atoms with E-state index < -0.39 is 0 Å². The van der Waals surface area contributed by atoms with E-state index in [4.69, 9.17) is 23.2 Å². The average molecular weight is 436 g/mol. The number of hydrogen-bond acceptors (Lipinski definition) is 2. The second-order valence-electron chi connectivity index (χ2n) is 7.00. The van der Waals surface area contributed by atoms with Crippen molar-refractivity contribution in [2.75, 3.05) is 0 Å². The van der Waals surface area contributed by atoms with Gasteiger partial charge in [0.15, 0.2) is 0 Å². The number of amides is 1. The largest absolute Gasteiger partial charge is 0.316 e. The van der Waals surface area contributed by atoms with Crippen LogP contribution in [0.1, 0.15) is 27.3 Å². The molecular formula is C24H19Cl2N3O. The van der Waals surface area contributed by atoms with Gasteiger partial charge in [-0.1, -0.05) is 59.6 Å². The molecule has 0 unspecified atom stereocenters. The van der Waals surface area contributed by atoms with Crippen molar-refractivity contribution in [2.45, 2.75) is 13.8 Å². The summed E-state index contributed by atoms with van der Waals surface area (Å²) in [6.45, 7) is 3.95. The summed E-state index contributed by atoms with van der Waals surface area (Å²) in [5.74, 6) is -0.260. The van der Waals surface area contributed by atoms with Gasteiger partial charge in [0, 0.05) is 22.5 Å². The standard InChI is InChI=1S/C24H19Cl2N3O/c1-15-12-20(16(2)29(15)22-9-5-8-21(25)23(22)26)14-27-28-24(30)19-11-10-17-6-3-4-7-18(17)13-19/h3-14H,1-2H3,(H,28,30)/b27-14+. The number of aryl methyl sites for hydroxylation is 1. The summed E-state index contributed by atoms with van der Waals surface area (Å²) in [7, 11) is 0. The molecule has 1 heterocycles. The quantitative estimate of drug-likeness (QED) is 0.295. The van der Waals surface area contributed by atoms with Gasteiger partial charge in [-0.2, -0.15) is 5.10 Å². The van der Waals surface area contributed by atoms with Crippen LogP contribution in [0.15, 0.2) is 71.8 Å². The van der Waals surface area contributed by atoms with E-state index in [2.05, 4.69) is 10.5 Å². The van der Waals surface area contributed by atoms with Gasteiger partial charge in [-0.15, -0.1) is 0 Å². The SMILES string of the molecule is Cc1cc(/C=N/NC(=O)c2ccc3ccccc3c2)c(C)n1-c1cccc(Cl)c1Cl. The van der Waals surface area contributed by atoms with E-state index in [1.807, 2.05) is 73.0 Å². The molecule has 3 aromatic carbocycles. The fraction of sp³-hybridized carbons (Fsp3) is 0.0833. The number of nitrogens with zero attached hydrogens (tertiary/aromatic N) is 2. The fourth-order valence-corrected chi connectivity index (χ4v) is 3.89. The Morgan fingerprint density at radius 3 is 2.53 bits per heavy atom. The Morgan fingerprint density at radius 1 is 0.967 bits per heavy atom. The molecule has 0 bridgehead atoms. The molecule has 150 valence electrons. The molecular weight excluding hydrogens is 417 g/mol. The van der Waals surface area contributed by atoms with Gasteiger partial charge in [0.25, 0.3) is 5.91 Å². The van der Waals surface area contributed by atoms with E-state index in [0.29, 0.717) is 15.6 Å². The Hall–Kier alpha value is -3.08. The third kappa shape index (κ3) is 3.84. The van der Waals surface area contributed by atoms with Crippen LogP contribution in [0.3, 0.4) is 0 Å². The van der Waals surface area contributed by atoms with Crippen LogP contribution in [0.25, 0.3) is 16.5 Å². The van der Waals surface area contributed by atoms with Crippen molar-refractivity contribution >= 4 is 46.1 Å². The third-order valence-electron chi connectivity index (χ3n) is 5.02. The van der Waals surface area contributed by atoms with Crippen molar-refractivity contribution in [3.63, 3.8) is 0 Å². The lowest BCUT2D eigenvalue weighted by Gasteiger charge is -2.12. The van der Waals surface area contributed by atoms with Crippen LogP contribution >= 0.6 is 23.2 Å². The predicted molar refractivity (Wildman–Crippen MR) is 124 cm³/mol.